The summed E-state index contributed by atoms with van der Waals surface area (Å²) in [5, 5.41) is 14.8. The topological polar surface area (TPSA) is 72.7 Å². The Morgan fingerprint density at radius 2 is 1.60 bits per heavy atom. The molecule has 0 aromatic heterocycles. The Morgan fingerprint density at radius 1 is 0.850 bits per heavy atom. The van der Waals surface area contributed by atoms with Crippen molar-refractivity contribution in [1.82, 2.24) is 4.58 Å². The Morgan fingerprint density at radius 3 is 2.40 bits per heavy atom. The van der Waals surface area contributed by atoms with Crippen molar-refractivity contribution in [1.29, 1.82) is 0 Å². The maximum atomic E-state index is 12.5. The van der Waals surface area contributed by atoms with Crippen LogP contribution in [0.15, 0.2) is 30.3 Å². The molecule has 0 aliphatic carbocycles. The lowest BCUT2D eigenvalue weighted by atomic mass is 9.81. The van der Waals surface area contributed by atoms with Crippen molar-refractivity contribution in [3.05, 3.63) is 85.4 Å². The first kappa shape index (κ1) is 23.9. The Labute approximate surface area is 233 Å². The summed E-state index contributed by atoms with van der Waals surface area (Å²) in [6.45, 7) is 5.78. The number of carbonyl (C=O) groups excluding carboxylic acids is 2. The molecule has 6 nitrogen and oxygen atoms in total. The average molecular weight is 533 g/mol. The van der Waals surface area contributed by atoms with Crippen LogP contribution in [0.2, 0.25) is 0 Å². The summed E-state index contributed by atoms with van der Waals surface area (Å²) in [4.78, 5) is 27.6. The number of aromatic carboxylic acids is 1. The molecule has 202 valence electrons. The molecule has 3 aromatic rings. The van der Waals surface area contributed by atoms with Gasteiger partial charge in [-0.3, -0.25) is 4.79 Å². The monoisotopic (exact) mass is 532 g/mol. The molecule has 6 heteroatoms. The lowest BCUT2D eigenvalue weighted by molar-refractivity contribution is -0.255. The standard InChI is InChI=1S/C34H32N2O4/c1-19(37)20-10-11-23(34(38)39)26(16-20)29-27-17-21-6-2-12-35-14-4-8-24(30(21)35)32(27)40-33-25-9-5-15-36-13-3-7-22(31(25)36)18-28(29)33/h10-11,16-18H,2-9,12-15H2,1H3. The van der Waals surface area contributed by atoms with Crippen LogP contribution in [0.25, 0.3) is 5.57 Å². The molecule has 0 saturated heterocycles. The first-order chi connectivity index (χ1) is 19.5. The third-order valence-corrected chi connectivity index (χ3v) is 9.60. The van der Waals surface area contributed by atoms with Crippen LogP contribution < -0.4 is 29.9 Å². The molecule has 40 heavy (non-hydrogen) atoms. The maximum absolute atomic E-state index is 12.5. The summed E-state index contributed by atoms with van der Waals surface area (Å²) in [5.41, 5.74) is 9.41. The van der Waals surface area contributed by atoms with Gasteiger partial charge in [0.1, 0.15) is 24.6 Å². The number of ketones is 1. The second-order valence-corrected chi connectivity index (χ2v) is 11.9. The molecule has 0 unspecified atom stereocenters. The van der Waals surface area contributed by atoms with E-state index in [0.29, 0.717) is 11.1 Å². The van der Waals surface area contributed by atoms with E-state index in [1.54, 1.807) is 12.1 Å². The van der Waals surface area contributed by atoms with Gasteiger partial charge in [0.05, 0.1) is 11.5 Å². The summed E-state index contributed by atoms with van der Waals surface area (Å²) in [7, 11) is 0. The third-order valence-electron chi connectivity index (χ3n) is 9.60. The predicted molar refractivity (Wildman–Crippen MR) is 151 cm³/mol. The lowest BCUT2D eigenvalue weighted by Crippen LogP contribution is -2.45. The Bertz CT molecular complexity index is 1800. The van der Waals surface area contributed by atoms with E-state index in [9.17, 15) is 14.7 Å². The highest BCUT2D eigenvalue weighted by atomic mass is 16.5. The largest absolute Gasteiger partial charge is 0.545 e. The second kappa shape index (κ2) is 8.79. The predicted octanol–water partition coefficient (Wildman–Crippen LogP) is 2.69. The fourth-order valence-electron chi connectivity index (χ4n) is 7.95. The quantitative estimate of drug-likeness (QED) is 0.300. The molecule has 5 heterocycles. The number of nitrogens with zero attached hydrogens (tertiary/aromatic N) is 2. The number of aryl methyl sites for hydroxylation is 2. The molecule has 0 fully saturated rings. The van der Waals surface area contributed by atoms with Crippen LogP contribution in [-0.4, -0.2) is 37.9 Å². The molecule has 0 atom stereocenters. The van der Waals surface area contributed by atoms with Crippen molar-refractivity contribution in [2.75, 3.05) is 31.1 Å². The van der Waals surface area contributed by atoms with Gasteiger partial charge < -0.3 is 19.5 Å². The van der Waals surface area contributed by atoms with Gasteiger partial charge in [0.15, 0.2) is 5.78 Å². The van der Waals surface area contributed by atoms with Crippen LogP contribution in [0.4, 0.5) is 5.69 Å². The molecule has 5 aliphatic rings. The lowest BCUT2D eigenvalue weighted by Gasteiger charge is -2.39. The molecule has 0 N–H and O–H groups in total. The summed E-state index contributed by atoms with van der Waals surface area (Å²) in [6.07, 6.45) is 8.24. The zero-order valence-electron chi connectivity index (χ0n) is 22.9. The molecule has 0 saturated carbocycles. The SMILES string of the molecule is CC(=O)c1ccc(C(=O)[O-])c(C2=c3cc4c5c(c3Oc3c2cc2c6c3CCCN6CCC2)CCC[N+]=5CCC4)c1. The van der Waals surface area contributed by atoms with Crippen LogP contribution in [0.3, 0.4) is 0 Å². The summed E-state index contributed by atoms with van der Waals surface area (Å²) in [6, 6.07) is 9.40. The zero-order chi connectivity index (χ0) is 27.1. The van der Waals surface area contributed by atoms with Crippen LogP contribution in [0.1, 0.15) is 86.7 Å². The molecule has 0 spiro atoms. The van der Waals surface area contributed by atoms with Crippen molar-refractivity contribution < 1.29 is 19.4 Å². The van der Waals surface area contributed by atoms with Gasteiger partial charge >= 0.3 is 0 Å². The highest BCUT2D eigenvalue weighted by Crippen LogP contribution is 2.48. The number of hydrogen-bond donors (Lipinski definition) is 0. The highest BCUT2D eigenvalue weighted by molar-refractivity contribution is 6.02. The summed E-state index contributed by atoms with van der Waals surface area (Å²) in [5.74, 6) is 0.416. The number of anilines is 1. The molecular weight excluding hydrogens is 500 g/mol. The minimum Gasteiger partial charge on any atom is -0.545 e. The maximum Gasteiger partial charge on any atom is 0.210 e. The molecule has 0 bridgehead atoms. The van der Waals surface area contributed by atoms with E-state index in [2.05, 4.69) is 21.6 Å². The first-order valence-electron chi connectivity index (χ1n) is 14.8. The first-order valence-corrected chi connectivity index (χ1v) is 14.8. The molecule has 3 aromatic carbocycles. The molecular formula is C34H32N2O4. The van der Waals surface area contributed by atoms with Gasteiger partial charge in [-0.25, -0.2) is 4.58 Å². The van der Waals surface area contributed by atoms with Crippen LogP contribution >= 0.6 is 0 Å². The average Bonchev–Trinajstić information content (AvgIpc) is 2.96. The Kier molecular flexibility index (Phi) is 5.25. The van der Waals surface area contributed by atoms with E-state index >= 15 is 0 Å². The van der Waals surface area contributed by atoms with Gasteiger partial charge in [0, 0.05) is 70.2 Å². The normalized spacial score (nSPS) is 18.3. The van der Waals surface area contributed by atoms with Gasteiger partial charge in [-0.15, -0.1) is 0 Å². The van der Waals surface area contributed by atoms with E-state index in [0.717, 1.165) is 105 Å². The number of hydrogen-bond acceptors (Lipinski definition) is 5. The fourth-order valence-corrected chi connectivity index (χ4v) is 7.95. The number of benzene rings is 3. The van der Waals surface area contributed by atoms with E-state index < -0.39 is 5.97 Å². The van der Waals surface area contributed by atoms with Gasteiger partial charge in [-0.1, -0.05) is 12.1 Å². The van der Waals surface area contributed by atoms with E-state index in [1.165, 1.54) is 46.3 Å². The van der Waals surface area contributed by atoms with Crippen LogP contribution in [0.5, 0.6) is 11.5 Å². The van der Waals surface area contributed by atoms with Gasteiger partial charge in [-0.2, -0.15) is 0 Å². The smallest absolute Gasteiger partial charge is 0.210 e. The number of ether oxygens (including phenoxy) is 1. The van der Waals surface area contributed by atoms with E-state index in [1.807, 2.05) is 0 Å². The highest BCUT2D eigenvalue weighted by Gasteiger charge is 2.36. The van der Waals surface area contributed by atoms with E-state index in [-0.39, 0.29) is 11.3 Å². The Balaban J connectivity index is 1.55. The number of carboxylic acid groups (broad SMARTS) is 1. The van der Waals surface area contributed by atoms with Crippen molar-refractivity contribution in [3.63, 3.8) is 0 Å². The van der Waals surface area contributed by atoms with Crippen LogP contribution in [-0.2, 0) is 25.7 Å². The summed E-state index contributed by atoms with van der Waals surface area (Å²) < 4.78 is 9.56. The van der Waals surface area contributed by atoms with Crippen LogP contribution in [0, 0.1) is 0 Å². The minimum absolute atomic E-state index is 0.0911. The number of carboxylic acids is 1. The minimum atomic E-state index is -1.23. The van der Waals surface area contributed by atoms with Crippen molar-refractivity contribution in [2.45, 2.75) is 58.3 Å². The summed E-state index contributed by atoms with van der Waals surface area (Å²) >= 11 is 0. The number of fused-ring (bicyclic) bond motifs is 4. The van der Waals surface area contributed by atoms with Crippen molar-refractivity contribution in [2.24, 2.45) is 0 Å². The van der Waals surface area contributed by atoms with E-state index in [4.69, 9.17) is 4.74 Å². The number of rotatable bonds is 3. The zero-order valence-corrected chi connectivity index (χ0v) is 22.9. The van der Waals surface area contributed by atoms with Gasteiger partial charge in [0.2, 0.25) is 5.36 Å². The molecule has 0 radical (unpaired) electrons. The Hall–Kier alpha value is -3.93. The third kappa shape index (κ3) is 3.38. The molecule has 5 aliphatic heterocycles. The molecule has 0 amide bonds. The fraction of sp³-hybridized carbons (Fsp3) is 0.382. The van der Waals surface area contributed by atoms with Gasteiger partial charge in [-0.05, 0) is 74.8 Å². The second-order valence-electron chi connectivity index (χ2n) is 11.9. The van der Waals surface area contributed by atoms with Crippen molar-refractivity contribution >= 4 is 23.0 Å². The molecule has 8 rings (SSSR count). The number of carbonyl (C=O) groups is 2. The van der Waals surface area contributed by atoms with Crippen molar-refractivity contribution in [3.8, 4) is 11.5 Å². The number of Topliss-reactive ketones (excluding diaryl/α,β-unsaturated/α-hetero) is 1. The van der Waals surface area contributed by atoms with Gasteiger partial charge in [0.25, 0.3) is 0 Å².